The van der Waals surface area contributed by atoms with Gasteiger partial charge in [0.05, 0.1) is 6.10 Å². The number of aryl methyl sites for hydroxylation is 1. The first kappa shape index (κ1) is 16.0. The predicted molar refractivity (Wildman–Crippen MR) is 85.3 cm³/mol. The van der Waals surface area contributed by atoms with Crippen LogP contribution in [0.5, 0.6) is 0 Å². The monoisotopic (exact) mass is 290 g/mol. The van der Waals surface area contributed by atoms with Crippen LogP contribution in [0, 0.1) is 12.8 Å². The van der Waals surface area contributed by atoms with Gasteiger partial charge in [0.1, 0.15) is 0 Å². The molecule has 1 aliphatic rings. The van der Waals surface area contributed by atoms with Gasteiger partial charge < -0.3 is 15.3 Å². The minimum absolute atomic E-state index is 0.0769. The molecule has 0 heterocycles. The van der Waals surface area contributed by atoms with E-state index in [0.29, 0.717) is 12.3 Å². The van der Waals surface area contributed by atoms with Crippen molar-refractivity contribution in [1.29, 1.82) is 0 Å². The van der Waals surface area contributed by atoms with Crippen LogP contribution in [0.4, 0.5) is 5.69 Å². The van der Waals surface area contributed by atoms with Gasteiger partial charge in [0.2, 0.25) is 5.91 Å². The molecule has 1 aromatic carbocycles. The van der Waals surface area contributed by atoms with Gasteiger partial charge in [0.25, 0.3) is 0 Å². The molecule has 0 bridgehead atoms. The fraction of sp³-hybridized carbons (Fsp3) is 0.588. The zero-order valence-corrected chi connectivity index (χ0v) is 13.0. The standard InChI is InChI=1S/C17H26N2O2/c1-13-5-3-6-15(9-13)18-17(21)7-4-8-19(2)12-14-10-16(20)11-14/h3,5-6,9,14,16,20H,4,7-8,10-12H2,1-2H3,(H,18,21). The third kappa shape index (κ3) is 5.48. The van der Waals surface area contributed by atoms with Crippen LogP contribution >= 0.6 is 0 Å². The number of nitrogens with zero attached hydrogens (tertiary/aromatic N) is 1. The zero-order valence-electron chi connectivity index (χ0n) is 13.0. The summed E-state index contributed by atoms with van der Waals surface area (Å²) in [6.07, 6.45) is 3.19. The first-order valence-corrected chi connectivity index (χ1v) is 7.76. The van der Waals surface area contributed by atoms with Gasteiger partial charge in [-0.25, -0.2) is 0 Å². The molecule has 0 radical (unpaired) electrons. The summed E-state index contributed by atoms with van der Waals surface area (Å²) in [5.74, 6) is 0.708. The predicted octanol–water partition coefficient (Wildman–Crippen LogP) is 2.42. The van der Waals surface area contributed by atoms with Crippen molar-refractivity contribution < 1.29 is 9.90 Å². The van der Waals surface area contributed by atoms with Gasteiger partial charge in [0.15, 0.2) is 0 Å². The van der Waals surface area contributed by atoms with Crippen molar-refractivity contribution in [2.45, 2.75) is 38.7 Å². The van der Waals surface area contributed by atoms with Crippen LogP contribution in [0.3, 0.4) is 0 Å². The van der Waals surface area contributed by atoms with Crippen molar-refractivity contribution in [2.75, 3.05) is 25.5 Å². The number of carbonyl (C=O) groups is 1. The second-order valence-electron chi connectivity index (χ2n) is 6.27. The number of anilines is 1. The van der Waals surface area contributed by atoms with Gasteiger partial charge in [0, 0.05) is 18.7 Å². The van der Waals surface area contributed by atoms with Crippen molar-refractivity contribution in [3.63, 3.8) is 0 Å². The SMILES string of the molecule is Cc1cccc(NC(=O)CCCN(C)CC2CC(O)C2)c1. The first-order chi connectivity index (χ1) is 10.0. The summed E-state index contributed by atoms with van der Waals surface area (Å²) in [6.45, 7) is 3.96. The molecule has 2 N–H and O–H groups in total. The molecule has 1 aromatic rings. The van der Waals surface area contributed by atoms with Crippen LogP contribution in [-0.2, 0) is 4.79 Å². The van der Waals surface area contributed by atoms with Crippen molar-refractivity contribution in [2.24, 2.45) is 5.92 Å². The summed E-state index contributed by atoms with van der Waals surface area (Å²) < 4.78 is 0. The fourth-order valence-corrected chi connectivity index (χ4v) is 2.84. The second-order valence-corrected chi connectivity index (χ2v) is 6.27. The van der Waals surface area contributed by atoms with Gasteiger partial charge >= 0.3 is 0 Å². The maximum Gasteiger partial charge on any atom is 0.224 e. The average Bonchev–Trinajstić information content (AvgIpc) is 2.36. The van der Waals surface area contributed by atoms with E-state index in [1.165, 1.54) is 0 Å². The Balaban J connectivity index is 1.60. The van der Waals surface area contributed by atoms with E-state index in [-0.39, 0.29) is 12.0 Å². The van der Waals surface area contributed by atoms with Crippen LogP contribution in [-0.4, -0.2) is 42.2 Å². The molecule has 4 heteroatoms. The molecule has 1 aliphatic carbocycles. The Morgan fingerprint density at radius 2 is 2.19 bits per heavy atom. The van der Waals surface area contributed by atoms with Crippen molar-refractivity contribution >= 4 is 11.6 Å². The highest BCUT2D eigenvalue weighted by Gasteiger charge is 2.27. The number of aliphatic hydroxyl groups is 1. The van der Waals surface area contributed by atoms with Gasteiger partial charge in [-0.3, -0.25) is 4.79 Å². The van der Waals surface area contributed by atoms with Crippen LogP contribution in [0.1, 0.15) is 31.2 Å². The lowest BCUT2D eigenvalue weighted by Gasteiger charge is -2.34. The molecular weight excluding hydrogens is 264 g/mol. The number of hydrogen-bond donors (Lipinski definition) is 2. The highest BCUT2D eigenvalue weighted by atomic mass is 16.3. The van der Waals surface area contributed by atoms with Crippen molar-refractivity contribution in [3.05, 3.63) is 29.8 Å². The van der Waals surface area contributed by atoms with E-state index in [0.717, 1.165) is 43.6 Å². The van der Waals surface area contributed by atoms with E-state index in [1.54, 1.807) is 0 Å². The average molecular weight is 290 g/mol. The topological polar surface area (TPSA) is 52.6 Å². The number of aliphatic hydroxyl groups excluding tert-OH is 1. The maximum atomic E-state index is 11.9. The number of amides is 1. The molecule has 0 saturated heterocycles. The summed E-state index contributed by atoms with van der Waals surface area (Å²) in [5.41, 5.74) is 2.02. The summed E-state index contributed by atoms with van der Waals surface area (Å²) in [4.78, 5) is 14.1. The Morgan fingerprint density at radius 3 is 2.86 bits per heavy atom. The van der Waals surface area contributed by atoms with E-state index in [4.69, 9.17) is 0 Å². The third-order valence-corrected chi connectivity index (χ3v) is 4.03. The van der Waals surface area contributed by atoms with E-state index in [1.807, 2.05) is 31.2 Å². The summed E-state index contributed by atoms with van der Waals surface area (Å²) in [7, 11) is 2.09. The van der Waals surface area contributed by atoms with E-state index in [2.05, 4.69) is 17.3 Å². The summed E-state index contributed by atoms with van der Waals surface area (Å²) >= 11 is 0. The van der Waals surface area contributed by atoms with Crippen molar-refractivity contribution in [1.82, 2.24) is 4.90 Å². The Bertz CT molecular complexity index is 470. The van der Waals surface area contributed by atoms with Gasteiger partial charge in [-0.05, 0) is 63.4 Å². The van der Waals surface area contributed by atoms with Crippen LogP contribution < -0.4 is 5.32 Å². The fourth-order valence-electron chi connectivity index (χ4n) is 2.84. The van der Waals surface area contributed by atoms with E-state index < -0.39 is 0 Å². The molecule has 0 aromatic heterocycles. The van der Waals surface area contributed by atoms with Gasteiger partial charge in [-0.15, -0.1) is 0 Å². The maximum absolute atomic E-state index is 11.9. The number of nitrogens with one attached hydrogen (secondary N) is 1. The molecular formula is C17H26N2O2. The lowest BCUT2D eigenvalue weighted by atomic mass is 9.82. The molecule has 0 atom stereocenters. The largest absolute Gasteiger partial charge is 0.393 e. The van der Waals surface area contributed by atoms with Crippen LogP contribution in [0.25, 0.3) is 0 Å². The molecule has 4 nitrogen and oxygen atoms in total. The van der Waals surface area contributed by atoms with Crippen LogP contribution in [0.15, 0.2) is 24.3 Å². The van der Waals surface area contributed by atoms with Gasteiger partial charge in [-0.2, -0.15) is 0 Å². The smallest absolute Gasteiger partial charge is 0.224 e. The van der Waals surface area contributed by atoms with E-state index >= 15 is 0 Å². The summed E-state index contributed by atoms with van der Waals surface area (Å²) in [6, 6.07) is 7.86. The zero-order chi connectivity index (χ0) is 15.2. The number of benzene rings is 1. The normalized spacial score (nSPS) is 21.1. The third-order valence-electron chi connectivity index (χ3n) is 4.03. The molecule has 0 aliphatic heterocycles. The molecule has 0 unspecified atom stereocenters. The molecule has 21 heavy (non-hydrogen) atoms. The Morgan fingerprint density at radius 1 is 1.43 bits per heavy atom. The van der Waals surface area contributed by atoms with Gasteiger partial charge in [-0.1, -0.05) is 12.1 Å². The quantitative estimate of drug-likeness (QED) is 0.811. The molecule has 1 saturated carbocycles. The van der Waals surface area contributed by atoms with E-state index in [9.17, 15) is 9.90 Å². The Kier molecular flexibility index (Phi) is 5.76. The molecule has 1 amide bonds. The molecule has 2 rings (SSSR count). The highest BCUT2D eigenvalue weighted by Crippen LogP contribution is 2.27. The number of hydrogen-bond acceptors (Lipinski definition) is 3. The Labute approximate surface area is 127 Å². The molecule has 116 valence electrons. The van der Waals surface area contributed by atoms with Crippen molar-refractivity contribution in [3.8, 4) is 0 Å². The molecule has 1 fully saturated rings. The minimum Gasteiger partial charge on any atom is -0.393 e. The highest BCUT2D eigenvalue weighted by molar-refractivity contribution is 5.90. The summed E-state index contributed by atoms with van der Waals surface area (Å²) in [5, 5.41) is 12.2. The lowest BCUT2D eigenvalue weighted by molar-refractivity contribution is -0.116. The number of rotatable bonds is 7. The molecule has 0 spiro atoms. The Hall–Kier alpha value is -1.39. The number of carbonyl (C=O) groups excluding carboxylic acids is 1. The second kappa shape index (κ2) is 7.57. The lowest BCUT2D eigenvalue weighted by Crippen LogP contribution is -2.37. The first-order valence-electron chi connectivity index (χ1n) is 7.76. The van der Waals surface area contributed by atoms with Crippen LogP contribution in [0.2, 0.25) is 0 Å². The minimum atomic E-state index is -0.0801.